The lowest BCUT2D eigenvalue weighted by molar-refractivity contribution is -0.122. The maximum Gasteiger partial charge on any atom is 0.252 e. The summed E-state index contributed by atoms with van der Waals surface area (Å²) in [7, 11) is -2.74. The van der Waals surface area contributed by atoms with Gasteiger partial charge in [0, 0.05) is 6.54 Å². The Morgan fingerprint density at radius 3 is 2.18 bits per heavy atom. The molecule has 4 rings (SSSR count). The summed E-state index contributed by atoms with van der Waals surface area (Å²) in [6.45, 7) is 1.67. The molecular weight excluding hydrogens is 459 g/mol. The summed E-state index contributed by atoms with van der Waals surface area (Å²) >= 11 is 0. The SMILES string of the molecule is COc1ccc(S(=O)(=O)N(Cc2ccc(F)cc2)C2CC(=O)N(c3ccc(C)cc3)C2=O)cc1. The molecule has 3 aromatic carbocycles. The molecule has 0 spiro atoms. The van der Waals surface area contributed by atoms with Crippen LogP contribution >= 0.6 is 0 Å². The normalized spacial score (nSPS) is 16.4. The number of amides is 2. The molecule has 0 bridgehead atoms. The van der Waals surface area contributed by atoms with Gasteiger partial charge in [0.1, 0.15) is 17.6 Å². The molecule has 176 valence electrons. The molecule has 0 saturated carbocycles. The number of aryl methyl sites for hydroxylation is 1. The van der Waals surface area contributed by atoms with Gasteiger partial charge in [0.2, 0.25) is 15.9 Å². The van der Waals surface area contributed by atoms with Crippen molar-refractivity contribution in [2.75, 3.05) is 12.0 Å². The largest absolute Gasteiger partial charge is 0.497 e. The number of halogens is 1. The zero-order valence-corrected chi connectivity index (χ0v) is 19.5. The van der Waals surface area contributed by atoms with E-state index in [2.05, 4.69) is 0 Å². The zero-order chi connectivity index (χ0) is 24.5. The van der Waals surface area contributed by atoms with Gasteiger partial charge in [-0.15, -0.1) is 0 Å². The Morgan fingerprint density at radius 2 is 1.59 bits per heavy atom. The smallest absolute Gasteiger partial charge is 0.252 e. The van der Waals surface area contributed by atoms with Gasteiger partial charge in [0.05, 0.1) is 24.1 Å². The van der Waals surface area contributed by atoms with E-state index in [1.165, 1.54) is 55.6 Å². The number of carbonyl (C=O) groups is 2. The first kappa shape index (κ1) is 23.6. The van der Waals surface area contributed by atoms with Crippen LogP contribution in [0.2, 0.25) is 0 Å². The van der Waals surface area contributed by atoms with E-state index in [9.17, 15) is 22.4 Å². The minimum Gasteiger partial charge on any atom is -0.497 e. The third kappa shape index (κ3) is 4.57. The number of rotatable bonds is 7. The van der Waals surface area contributed by atoms with Crippen LogP contribution in [0.15, 0.2) is 77.7 Å². The van der Waals surface area contributed by atoms with E-state index in [1.54, 1.807) is 24.3 Å². The summed E-state index contributed by atoms with van der Waals surface area (Å²) in [5, 5.41) is 0. The van der Waals surface area contributed by atoms with E-state index < -0.39 is 33.7 Å². The third-order valence-electron chi connectivity index (χ3n) is 5.68. The van der Waals surface area contributed by atoms with Crippen molar-refractivity contribution in [2.24, 2.45) is 0 Å². The molecule has 7 nitrogen and oxygen atoms in total. The van der Waals surface area contributed by atoms with Crippen molar-refractivity contribution in [3.8, 4) is 5.75 Å². The number of benzene rings is 3. The van der Waals surface area contributed by atoms with Crippen molar-refractivity contribution in [1.29, 1.82) is 0 Å². The highest BCUT2D eigenvalue weighted by Crippen LogP contribution is 2.31. The van der Waals surface area contributed by atoms with E-state index in [0.29, 0.717) is 17.0 Å². The highest BCUT2D eigenvalue weighted by atomic mass is 32.2. The van der Waals surface area contributed by atoms with Crippen LogP contribution in [0.25, 0.3) is 0 Å². The Labute approximate surface area is 197 Å². The standard InChI is InChI=1S/C25H23FN2O5S/c1-17-3-9-20(10-4-17)28-24(29)15-23(25(28)30)27(16-18-5-7-19(26)8-6-18)34(31,32)22-13-11-21(33-2)12-14-22/h3-14,23H,15-16H2,1-2H3. The molecule has 2 amide bonds. The van der Waals surface area contributed by atoms with Crippen LogP contribution in [0.1, 0.15) is 17.5 Å². The first-order valence-electron chi connectivity index (χ1n) is 10.5. The number of hydrogen-bond donors (Lipinski definition) is 0. The fourth-order valence-electron chi connectivity index (χ4n) is 3.82. The molecule has 0 radical (unpaired) electrons. The van der Waals surface area contributed by atoms with Crippen molar-refractivity contribution in [1.82, 2.24) is 4.31 Å². The van der Waals surface area contributed by atoms with E-state index in [1.807, 2.05) is 6.92 Å². The Balaban J connectivity index is 1.74. The lowest BCUT2D eigenvalue weighted by Gasteiger charge is -2.27. The maximum absolute atomic E-state index is 13.7. The number of nitrogens with zero attached hydrogens (tertiary/aromatic N) is 2. The first-order valence-corrected chi connectivity index (χ1v) is 12.0. The molecule has 1 fully saturated rings. The maximum atomic E-state index is 13.7. The average molecular weight is 483 g/mol. The van der Waals surface area contributed by atoms with Crippen molar-refractivity contribution < 1.29 is 27.1 Å². The second-order valence-electron chi connectivity index (χ2n) is 7.98. The molecule has 1 saturated heterocycles. The summed E-state index contributed by atoms with van der Waals surface area (Å²) in [6.07, 6.45) is -0.302. The van der Waals surface area contributed by atoms with Crippen molar-refractivity contribution in [2.45, 2.75) is 30.8 Å². The van der Waals surface area contributed by atoms with Gasteiger partial charge in [-0.1, -0.05) is 29.8 Å². The van der Waals surface area contributed by atoms with E-state index in [0.717, 1.165) is 14.8 Å². The quantitative estimate of drug-likeness (QED) is 0.480. The number of carbonyl (C=O) groups excluding carboxylic acids is 2. The molecule has 1 aliphatic rings. The molecule has 1 atom stereocenters. The van der Waals surface area contributed by atoms with Crippen LogP contribution in [0.5, 0.6) is 5.75 Å². The van der Waals surface area contributed by atoms with Gasteiger partial charge in [-0.05, 0) is 61.0 Å². The van der Waals surface area contributed by atoms with Gasteiger partial charge in [0.25, 0.3) is 5.91 Å². The monoisotopic (exact) mass is 482 g/mol. The fourth-order valence-corrected chi connectivity index (χ4v) is 5.39. The molecule has 34 heavy (non-hydrogen) atoms. The highest BCUT2D eigenvalue weighted by molar-refractivity contribution is 7.89. The van der Waals surface area contributed by atoms with Crippen molar-refractivity contribution in [3.05, 3.63) is 89.7 Å². The van der Waals surface area contributed by atoms with Gasteiger partial charge in [-0.25, -0.2) is 17.7 Å². The van der Waals surface area contributed by atoms with Crippen LogP contribution in [0.3, 0.4) is 0 Å². The topological polar surface area (TPSA) is 84.0 Å². The van der Waals surface area contributed by atoms with Gasteiger partial charge < -0.3 is 4.74 Å². The first-order chi connectivity index (χ1) is 16.2. The van der Waals surface area contributed by atoms with Crippen LogP contribution in [0, 0.1) is 12.7 Å². The summed E-state index contributed by atoms with van der Waals surface area (Å²) in [5.74, 6) is -1.12. The predicted molar refractivity (Wildman–Crippen MR) is 124 cm³/mol. The fraction of sp³-hybridized carbons (Fsp3) is 0.200. The lowest BCUT2D eigenvalue weighted by atomic mass is 10.2. The molecule has 0 aliphatic carbocycles. The number of imide groups is 1. The highest BCUT2D eigenvalue weighted by Gasteiger charge is 2.47. The Kier molecular flexibility index (Phi) is 6.49. The Hall–Kier alpha value is -3.56. The Bertz CT molecular complexity index is 1310. The predicted octanol–water partition coefficient (Wildman–Crippen LogP) is 3.67. The third-order valence-corrected chi connectivity index (χ3v) is 7.55. The van der Waals surface area contributed by atoms with Crippen molar-refractivity contribution >= 4 is 27.5 Å². The average Bonchev–Trinajstić information content (AvgIpc) is 3.12. The minimum absolute atomic E-state index is 0.0514. The molecule has 3 aromatic rings. The Morgan fingerprint density at radius 1 is 0.971 bits per heavy atom. The minimum atomic E-state index is -4.20. The van der Waals surface area contributed by atoms with Gasteiger partial charge in [0.15, 0.2) is 0 Å². The number of sulfonamides is 1. The second-order valence-corrected chi connectivity index (χ2v) is 9.87. The second kappa shape index (κ2) is 9.36. The number of hydrogen-bond acceptors (Lipinski definition) is 5. The van der Waals surface area contributed by atoms with Gasteiger partial charge >= 0.3 is 0 Å². The van der Waals surface area contributed by atoms with Crippen LogP contribution in [0.4, 0.5) is 10.1 Å². The van der Waals surface area contributed by atoms with Gasteiger partial charge in [-0.2, -0.15) is 4.31 Å². The molecule has 0 aromatic heterocycles. The van der Waals surface area contributed by atoms with Crippen LogP contribution < -0.4 is 9.64 Å². The summed E-state index contributed by atoms with van der Waals surface area (Å²) < 4.78 is 46.9. The summed E-state index contributed by atoms with van der Waals surface area (Å²) in [4.78, 5) is 27.2. The van der Waals surface area contributed by atoms with Crippen molar-refractivity contribution in [3.63, 3.8) is 0 Å². The molecule has 9 heteroatoms. The molecule has 1 unspecified atom stereocenters. The van der Waals surface area contributed by atoms with Crippen LogP contribution in [-0.2, 0) is 26.2 Å². The molecule has 1 heterocycles. The van der Waals surface area contributed by atoms with E-state index in [4.69, 9.17) is 4.74 Å². The number of methoxy groups -OCH3 is 1. The number of ether oxygens (including phenoxy) is 1. The van der Waals surface area contributed by atoms with Gasteiger partial charge in [-0.3, -0.25) is 9.59 Å². The molecule has 1 aliphatic heterocycles. The van der Waals surface area contributed by atoms with E-state index >= 15 is 0 Å². The lowest BCUT2D eigenvalue weighted by Crippen LogP contribution is -2.45. The summed E-state index contributed by atoms with van der Waals surface area (Å²) in [5.41, 5.74) is 1.82. The number of anilines is 1. The molecule has 0 N–H and O–H groups in total. The molecular formula is C25H23FN2O5S. The summed E-state index contributed by atoms with van der Waals surface area (Å²) in [6, 6.07) is 16.7. The van der Waals surface area contributed by atoms with Crippen LogP contribution in [-0.4, -0.2) is 37.7 Å². The van der Waals surface area contributed by atoms with E-state index in [-0.39, 0.29) is 17.9 Å². The zero-order valence-electron chi connectivity index (χ0n) is 18.6.